The predicted octanol–water partition coefficient (Wildman–Crippen LogP) is 3.76. The van der Waals surface area contributed by atoms with E-state index in [-0.39, 0.29) is 23.8 Å². The Kier molecular flexibility index (Phi) is 7.11. The number of amides is 1. The molecular formula is C27H38N6O4. The number of hydroxylamine groups is 1. The molecule has 0 saturated heterocycles. The highest BCUT2D eigenvalue weighted by Crippen LogP contribution is 2.43. The Labute approximate surface area is 217 Å². The van der Waals surface area contributed by atoms with Crippen LogP contribution in [0.1, 0.15) is 76.5 Å². The van der Waals surface area contributed by atoms with Crippen molar-refractivity contribution in [2.45, 2.75) is 90.3 Å². The van der Waals surface area contributed by atoms with E-state index in [1.807, 2.05) is 24.7 Å². The first-order chi connectivity index (χ1) is 17.8. The highest BCUT2D eigenvalue weighted by molar-refractivity contribution is 5.97. The van der Waals surface area contributed by atoms with E-state index in [1.54, 1.807) is 0 Å². The Morgan fingerprint density at radius 3 is 2.54 bits per heavy atom. The van der Waals surface area contributed by atoms with Gasteiger partial charge in [-0.25, -0.2) is 9.67 Å². The van der Waals surface area contributed by atoms with Crippen LogP contribution in [0.25, 0.3) is 16.7 Å². The van der Waals surface area contributed by atoms with Crippen LogP contribution >= 0.6 is 0 Å². The van der Waals surface area contributed by atoms with Crippen LogP contribution < -0.4 is 16.1 Å². The number of aromatic nitrogens is 3. The van der Waals surface area contributed by atoms with Gasteiger partial charge >= 0.3 is 5.97 Å². The van der Waals surface area contributed by atoms with Gasteiger partial charge in [0, 0.05) is 36.8 Å². The number of hydrogen-bond donors (Lipinski definition) is 4. The zero-order valence-electron chi connectivity index (χ0n) is 22.0. The molecule has 2 aromatic rings. The van der Waals surface area contributed by atoms with E-state index in [4.69, 9.17) is 14.9 Å². The van der Waals surface area contributed by atoms with Gasteiger partial charge in [0.25, 0.3) is 0 Å². The lowest BCUT2D eigenvalue weighted by atomic mass is 9.78. The van der Waals surface area contributed by atoms with E-state index in [1.165, 1.54) is 0 Å². The average molecular weight is 511 g/mol. The van der Waals surface area contributed by atoms with E-state index in [2.05, 4.69) is 29.1 Å². The fraction of sp³-hybridized carbons (Fsp3) is 0.630. The number of aryl methyl sites for hydroxylation is 2. The Hall–Kier alpha value is -3.14. The number of nitrogens with one attached hydrogen (secondary N) is 3. The van der Waals surface area contributed by atoms with E-state index in [0.29, 0.717) is 19.4 Å². The van der Waals surface area contributed by atoms with Gasteiger partial charge in [0.15, 0.2) is 5.65 Å². The second-order valence-electron chi connectivity index (χ2n) is 10.7. The molecule has 2 fully saturated rings. The minimum Gasteiger partial charge on any atom is -0.481 e. The molecule has 5 rings (SSSR count). The van der Waals surface area contributed by atoms with Gasteiger partial charge in [-0.2, -0.15) is 5.10 Å². The van der Waals surface area contributed by atoms with Crippen LogP contribution in [0.5, 0.6) is 0 Å². The van der Waals surface area contributed by atoms with Crippen LogP contribution in [-0.4, -0.2) is 49.9 Å². The van der Waals surface area contributed by atoms with Gasteiger partial charge in [0.2, 0.25) is 5.91 Å². The minimum atomic E-state index is -0.699. The van der Waals surface area contributed by atoms with Crippen molar-refractivity contribution in [2.75, 3.05) is 11.9 Å². The second-order valence-corrected chi connectivity index (χ2v) is 10.7. The largest absolute Gasteiger partial charge is 0.481 e. The highest BCUT2D eigenvalue weighted by Gasteiger charge is 2.41. The number of anilines is 1. The molecular weight excluding hydrogens is 472 g/mol. The maximum atomic E-state index is 12.3. The van der Waals surface area contributed by atoms with Crippen LogP contribution in [0.2, 0.25) is 0 Å². The number of nitrogens with zero attached hydrogens (tertiary/aromatic N) is 3. The van der Waals surface area contributed by atoms with Crippen molar-refractivity contribution in [3.63, 3.8) is 0 Å². The molecule has 0 aromatic carbocycles. The standard InChI is InChI=1S/C27H38N6O4/c1-4-28-25(34)17-10-12-27(13-11-17)14-21(32-37-27)20-15-29-24-22(16(3)31-33(24)5-2)23(20)30-19-8-6-18(7-9-19)26(35)36/h14-15,17-19,32H,4-13H2,1-3H3,(H,28,34)(H,29,30)(H,35,36). The fourth-order valence-corrected chi connectivity index (χ4v) is 6.13. The summed E-state index contributed by atoms with van der Waals surface area (Å²) >= 11 is 0. The Bertz CT molecular complexity index is 1210. The van der Waals surface area contributed by atoms with Crippen molar-refractivity contribution in [3.05, 3.63) is 23.5 Å². The highest BCUT2D eigenvalue weighted by atomic mass is 16.7. The van der Waals surface area contributed by atoms with Crippen molar-refractivity contribution < 1.29 is 19.5 Å². The third-order valence-electron chi connectivity index (χ3n) is 8.28. The normalized spacial score (nSPS) is 27.6. The van der Waals surface area contributed by atoms with E-state index in [0.717, 1.165) is 78.7 Å². The maximum absolute atomic E-state index is 12.3. The number of fused-ring (bicyclic) bond motifs is 1. The SMILES string of the molecule is CCNC(=O)C1CCC2(C=C(c3cnc4c(c(C)nn4CC)c3NC3CCC(C(=O)O)CC3)NO2)CC1. The number of carbonyl (C=O) groups is 2. The number of pyridine rings is 1. The van der Waals surface area contributed by atoms with Gasteiger partial charge in [-0.3, -0.25) is 19.9 Å². The summed E-state index contributed by atoms with van der Waals surface area (Å²) in [6.07, 6.45) is 10.1. The molecule has 0 unspecified atom stereocenters. The number of carboxylic acids is 1. The van der Waals surface area contributed by atoms with Crippen molar-refractivity contribution in [3.8, 4) is 0 Å². The summed E-state index contributed by atoms with van der Waals surface area (Å²) in [6, 6.07) is 0.175. The second kappa shape index (κ2) is 10.3. The van der Waals surface area contributed by atoms with Crippen molar-refractivity contribution >= 4 is 34.3 Å². The van der Waals surface area contributed by atoms with Gasteiger partial charge in [-0.05, 0) is 78.2 Å². The topological polar surface area (TPSA) is 130 Å². The lowest BCUT2D eigenvalue weighted by Crippen LogP contribution is -2.39. The summed E-state index contributed by atoms with van der Waals surface area (Å²) < 4.78 is 1.91. The first-order valence-electron chi connectivity index (χ1n) is 13.6. The Balaban J connectivity index is 1.44. The van der Waals surface area contributed by atoms with Crippen LogP contribution in [0, 0.1) is 18.8 Å². The van der Waals surface area contributed by atoms with Crippen LogP contribution in [0.4, 0.5) is 5.69 Å². The van der Waals surface area contributed by atoms with Crippen molar-refractivity contribution in [1.82, 2.24) is 25.6 Å². The van der Waals surface area contributed by atoms with Crippen LogP contribution in [0.15, 0.2) is 12.3 Å². The summed E-state index contributed by atoms with van der Waals surface area (Å²) in [6.45, 7) is 7.38. The molecule has 3 aliphatic rings. The number of carboxylic acid groups (broad SMARTS) is 1. The zero-order chi connectivity index (χ0) is 26.2. The molecule has 1 amide bonds. The van der Waals surface area contributed by atoms with E-state index >= 15 is 0 Å². The molecule has 0 radical (unpaired) electrons. The third-order valence-corrected chi connectivity index (χ3v) is 8.28. The maximum Gasteiger partial charge on any atom is 0.306 e. The first-order valence-corrected chi connectivity index (χ1v) is 13.6. The number of aliphatic carboxylic acids is 1. The third kappa shape index (κ3) is 4.91. The first kappa shape index (κ1) is 25.5. The lowest BCUT2D eigenvalue weighted by Gasteiger charge is -2.33. The van der Waals surface area contributed by atoms with E-state index < -0.39 is 11.6 Å². The zero-order valence-corrected chi connectivity index (χ0v) is 22.0. The molecule has 10 heteroatoms. The number of carbonyl (C=O) groups excluding carboxylic acids is 1. The fourth-order valence-electron chi connectivity index (χ4n) is 6.13. The van der Waals surface area contributed by atoms with Gasteiger partial charge in [0.05, 0.1) is 28.4 Å². The summed E-state index contributed by atoms with van der Waals surface area (Å²) in [5, 5.41) is 21.8. The average Bonchev–Trinajstić information content (AvgIpc) is 3.46. The molecule has 0 bridgehead atoms. The Morgan fingerprint density at radius 1 is 1.16 bits per heavy atom. The predicted molar refractivity (Wildman–Crippen MR) is 141 cm³/mol. The molecule has 2 saturated carbocycles. The summed E-state index contributed by atoms with van der Waals surface area (Å²) in [7, 11) is 0. The molecule has 2 aliphatic carbocycles. The van der Waals surface area contributed by atoms with Gasteiger partial charge in [0.1, 0.15) is 5.60 Å². The van der Waals surface area contributed by atoms with Crippen molar-refractivity contribution in [1.29, 1.82) is 0 Å². The molecule has 1 aliphatic heterocycles. The monoisotopic (exact) mass is 510 g/mol. The Morgan fingerprint density at radius 2 is 1.89 bits per heavy atom. The smallest absolute Gasteiger partial charge is 0.306 e. The molecule has 2 aromatic heterocycles. The van der Waals surface area contributed by atoms with Crippen molar-refractivity contribution in [2.24, 2.45) is 11.8 Å². The summed E-state index contributed by atoms with van der Waals surface area (Å²) in [4.78, 5) is 34.7. The number of rotatable bonds is 7. The van der Waals surface area contributed by atoms with E-state index in [9.17, 15) is 14.7 Å². The molecule has 200 valence electrons. The molecule has 0 atom stereocenters. The molecule has 10 nitrogen and oxygen atoms in total. The number of hydrogen-bond acceptors (Lipinski definition) is 7. The molecule has 1 spiro atoms. The minimum absolute atomic E-state index is 0.0327. The quantitative estimate of drug-likeness (QED) is 0.443. The van der Waals surface area contributed by atoms with Gasteiger partial charge < -0.3 is 15.7 Å². The van der Waals surface area contributed by atoms with Crippen LogP contribution in [-0.2, 0) is 21.0 Å². The van der Waals surface area contributed by atoms with Gasteiger partial charge in [-0.15, -0.1) is 0 Å². The molecule has 3 heterocycles. The summed E-state index contributed by atoms with van der Waals surface area (Å²) in [5.41, 5.74) is 7.25. The van der Waals surface area contributed by atoms with Crippen LogP contribution in [0.3, 0.4) is 0 Å². The molecule has 37 heavy (non-hydrogen) atoms. The van der Waals surface area contributed by atoms with Gasteiger partial charge in [-0.1, -0.05) is 0 Å². The summed E-state index contributed by atoms with van der Waals surface area (Å²) in [5.74, 6) is -0.795. The lowest BCUT2D eigenvalue weighted by molar-refractivity contribution is -0.142. The molecule has 4 N–H and O–H groups in total.